The quantitative estimate of drug-likeness (QED) is 0.418. The number of hydrogen-bond acceptors (Lipinski definition) is 9. The molecule has 1 saturated heterocycles. The van der Waals surface area contributed by atoms with Gasteiger partial charge in [0.25, 0.3) is 0 Å². The standard InChI is InChI=1S/C28H39NO8/c1-27(2,3)37-26(30)24(34-21-11-9-8-10-12-21)25(29-19-13-15-20(33-7)16-14-19)28(4)35-22(17-31-5)23(36-28)18-32-6/h8-16,22-25,29H,17-18H2,1-7H3/t22-,23-,24+,25+/m0/s1. The Balaban J connectivity index is 2.04. The molecular formula is C28H39NO8. The van der Waals surface area contributed by atoms with Gasteiger partial charge in [0.15, 0.2) is 5.79 Å². The lowest BCUT2D eigenvalue weighted by atomic mass is 10.0. The molecule has 9 heteroatoms. The van der Waals surface area contributed by atoms with Gasteiger partial charge >= 0.3 is 5.97 Å². The molecule has 0 spiro atoms. The summed E-state index contributed by atoms with van der Waals surface area (Å²) in [5, 5.41) is 3.41. The van der Waals surface area contributed by atoms with E-state index in [9.17, 15) is 4.79 Å². The Bertz CT molecular complexity index is 962. The maximum absolute atomic E-state index is 13.6. The van der Waals surface area contributed by atoms with Crippen LogP contribution >= 0.6 is 0 Å². The van der Waals surface area contributed by atoms with Crippen LogP contribution < -0.4 is 14.8 Å². The number of ether oxygens (including phenoxy) is 7. The number of carbonyl (C=O) groups excluding carboxylic acids is 1. The summed E-state index contributed by atoms with van der Waals surface area (Å²) in [6.45, 7) is 7.78. The normalized spacial score (nSPS) is 20.6. The van der Waals surface area contributed by atoms with Crippen LogP contribution in [0.2, 0.25) is 0 Å². The summed E-state index contributed by atoms with van der Waals surface area (Å²) in [5.41, 5.74) is -0.0295. The average molecular weight is 518 g/mol. The van der Waals surface area contributed by atoms with Crippen LogP contribution in [0.15, 0.2) is 54.6 Å². The van der Waals surface area contributed by atoms with Crippen molar-refractivity contribution in [3.63, 3.8) is 0 Å². The van der Waals surface area contributed by atoms with E-state index in [0.717, 1.165) is 0 Å². The number of anilines is 1. The summed E-state index contributed by atoms with van der Waals surface area (Å²) >= 11 is 0. The molecule has 1 heterocycles. The second-order valence-corrected chi connectivity index (χ2v) is 9.97. The van der Waals surface area contributed by atoms with Crippen molar-refractivity contribution in [3.8, 4) is 11.5 Å². The largest absolute Gasteiger partial charge is 0.497 e. The third kappa shape index (κ3) is 7.82. The van der Waals surface area contributed by atoms with Crippen LogP contribution in [0, 0.1) is 0 Å². The Morgan fingerprint density at radius 3 is 1.97 bits per heavy atom. The number of methoxy groups -OCH3 is 3. The second-order valence-electron chi connectivity index (χ2n) is 9.97. The van der Waals surface area contributed by atoms with Crippen molar-refractivity contribution in [2.75, 3.05) is 39.9 Å². The molecular weight excluding hydrogens is 478 g/mol. The first-order chi connectivity index (χ1) is 17.6. The fourth-order valence-electron chi connectivity index (χ4n) is 4.14. The molecule has 4 atom stereocenters. The van der Waals surface area contributed by atoms with Crippen LogP contribution in [0.25, 0.3) is 0 Å². The van der Waals surface area contributed by atoms with Gasteiger partial charge in [0, 0.05) is 19.9 Å². The molecule has 0 unspecified atom stereocenters. The molecule has 2 aromatic carbocycles. The number of para-hydroxylation sites is 1. The Morgan fingerprint density at radius 2 is 1.49 bits per heavy atom. The highest BCUT2D eigenvalue weighted by Crippen LogP contribution is 2.36. The summed E-state index contributed by atoms with van der Waals surface area (Å²) < 4.78 is 41.0. The molecule has 0 aromatic heterocycles. The molecule has 37 heavy (non-hydrogen) atoms. The zero-order chi connectivity index (χ0) is 27.1. The van der Waals surface area contributed by atoms with Crippen LogP contribution in [-0.4, -0.2) is 76.3 Å². The highest BCUT2D eigenvalue weighted by molar-refractivity contribution is 5.77. The summed E-state index contributed by atoms with van der Waals surface area (Å²) in [6.07, 6.45) is -1.99. The monoisotopic (exact) mass is 517 g/mol. The highest BCUT2D eigenvalue weighted by Gasteiger charge is 2.55. The Kier molecular flexibility index (Phi) is 9.78. The van der Waals surface area contributed by atoms with Gasteiger partial charge in [-0.2, -0.15) is 0 Å². The van der Waals surface area contributed by atoms with E-state index in [1.807, 2.05) is 63.2 Å². The molecule has 2 aromatic rings. The van der Waals surface area contributed by atoms with E-state index in [4.69, 9.17) is 33.2 Å². The predicted molar refractivity (Wildman–Crippen MR) is 139 cm³/mol. The fraction of sp³-hybridized carbons (Fsp3) is 0.536. The van der Waals surface area contributed by atoms with Gasteiger partial charge in [-0.25, -0.2) is 4.79 Å². The van der Waals surface area contributed by atoms with Crippen LogP contribution in [0.5, 0.6) is 11.5 Å². The molecule has 9 nitrogen and oxygen atoms in total. The van der Waals surface area contributed by atoms with Gasteiger partial charge in [-0.15, -0.1) is 0 Å². The minimum atomic E-state index is -1.32. The van der Waals surface area contributed by atoms with Crippen LogP contribution in [0.3, 0.4) is 0 Å². The van der Waals surface area contributed by atoms with Crippen molar-refractivity contribution in [1.82, 2.24) is 0 Å². The van der Waals surface area contributed by atoms with E-state index in [1.54, 1.807) is 40.4 Å². The summed E-state index contributed by atoms with van der Waals surface area (Å²) in [7, 11) is 4.79. The molecule has 1 N–H and O–H groups in total. The highest BCUT2D eigenvalue weighted by atomic mass is 16.8. The molecule has 0 amide bonds. The minimum absolute atomic E-state index is 0.287. The summed E-state index contributed by atoms with van der Waals surface area (Å²) in [4.78, 5) is 13.6. The zero-order valence-electron chi connectivity index (χ0n) is 22.7. The Morgan fingerprint density at radius 1 is 0.919 bits per heavy atom. The minimum Gasteiger partial charge on any atom is -0.497 e. The number of benzene rings is 2. The van der Waals surface area contributed by atoms with Gasteiger partial charge < -0.3 is 38.5 Å². The van der Waals surface area contributed by atoms with E-state index < -0.39 is 41.7 Å². The first kappa shape index (κ1) is 28.7. The van der Waals surface area contributed by atoms with Gasteiger partial charge in [-0.1, -0.05) is 18.2 Å². The molecule has 1 fully saturated rings. The van der Waals surface area contributed by atoms with Crippen molar-refractivity contribution in [2.24, 2.45) is 0 Å². The molecule has 0 saturated carbocycles. The van der Waals surface area contributed by atoms with Crippen LogP contribution in [-0.2, 0) is 28.5 Å². The lowest BCUT2D eigenvalue weighted by Gasteiger charge is -2.38. The smallest absolute Gasteiger partial charge is 0.350 e. The third-order valence-corrected chi connectivity index (χ3v) is 5.77. The maximum atomic E-state index is 13.6. The lowest BCUT2D eigenvalue weighted by molar-refractivity contribution is -0.201. The second kappa shape index (κ2) is 12.6. The first-order valence-corrected chi connectivity index (χ1v) is 12.3. The summed E-state index contributed by atoms with van der Waals surface area (Å²) in [5.74, 6) is -0.674. The van der Waals surface area contributed by atoms with Crippen molar-refractivity contribution in [3.05, 3.63) is 54.6 Å². The van der Waals surface area contributed by atoms with Crippen molar-refractivity contribution in [1.29, 1.82) is 0 Å². The zero-order valence-corrected chi connectivity index (χ0v) is 22.7. The van der Waals surface area contributed by atoms with Gasteiger partial charge in [0.2, 0.25) is 6.10 Å². The van der Waals surface area contributed by atoms with Crippen LogP contribution in [0.4, 0.5) is 5.69 Å². The van der Waals surface area contributed by atoms with Gasteiger partial charge in [0.1, 0.15) is 35.3 Å². The van der Waals surface area contributed by atoms with Crippen molar-refractivity contribution in [2.45, 2.75) is 63.4 Å². The van der Waals surface area contributed by atoms with E-state index in [0.29, 0.717) is 17.2 Å². The average Bonchev–Trinajstić information content (AvgIpc) is 3.17. The predicted octanol–water partition coefficient (Wildman–Crippen LogP) is 4.06. The maximum Gasteiger partial charge on any atom is 0.350 e. The Hall–Kier alpha value is -2.85. The number of rotatable bonds is 12. The van der Waals surface area contributed by atoms with Crippen molar-refractivity contribution < 1.29 is 38.0 Å². The molecule has 0 bridgehead atoms. The topological polar surface area (TPSA) is 93.7 Å². The van der Waals surface area contributed by atoms with Crippen molar-refractivity contribution >= 4 is 11.7 Å². The molecule has 204 valence electrons. The van der Waals surface area contributed by atoms with Gasteiger partial charge in [-0.3, -0.25) is 0 Å². The SMILES string of the molecule is COC[C@@H]1OC(C)([C@H](Nc2ccc(OC)cc2)[C@@H](Oc2ccccc2)C(=O)OC(C)(C)C)O[C@H]1COC. The summed E-state index contributed by atoms with van der Waals surface area (Å²) in [6, 6.07) is 15.6. The molecule has 1 aliphatic heterocycles. The fourth-order valence-corrected chi connectivity index (χ4v) is 4.14. The van der Waals surface area contributed by atoms with E-state index in [1.165, 1.54) is 0 Å². The van der Waals surface area contributed by atoms with Gasteiger partial charge in [-0.05, 0) is 64.1 Å². The third-order valence-electron chi connectivity index (χ3n) is 5.77. The number of nitrogens with one attached hydrogen (secondary N) is 1. The molecule has 0 aliphatic carbocycles. The first-order valence-electron chi connectivity index (χ1n) is 12.3. The van der Waals surface area contributed by atoms with Gasteiger partial charge in [0.05, 0.1) is 20.3 Å². The molecule has 0 radical (unpaired) electrons. The lowest BCUT2D eigenvalue weighted by Crippen LogP contribution is -2.58. The van der Waals surface area contributed by atoms with E-state index in [2.05, 4.69) is 5.32 Å². The number of carbonyl (C=O) groups is 1. The van der Waals surface area contributed by atoms with E-state index >= 15 is 0 Å². The molecule has 3 rings (SSSR count). The Labute approximate surface area is 219 Å². The van der Waals surface area contributed by atoms with Crippen LogP contribution in [0.1, 0.15) is 27.7 Å². The molecule has 1 aliphatic rings. The number of esters is 1. The van der Waals surface area contributed by atoms with E-state index in [-0.39, 0.29) is 13.2 Å². The number of hydrogen-bond donors (Lipinski definition) is 1.